The van der Waals surface area contributed by atoms with E-state index in [0.29, 0.717) is 19.3 Å². The van der Waals surface area contributed by atoms with Gasteiger partial charge in [0.25, 0.3) is 0 Å². The minimum Gasteiger partial charge on any atom is -0.463 e. The molecule has 0 aliphatic rings. The normalized spacial score (nSPS) is 14.3. The Bertz CT molecular complexity index is 3030. The highest BCUT2D eigenvalue weighted by molar-refractivity contribution is 7.47. The molecule has 18 heteroatoms. The lowest BCUT2D eigenvalue weighted by Crippen LogP contribution is -2.30. The molecule has 4 N–H and O–H groups in total. The van der Waals surface area contributed by atoms with E-state index >= 15 is 0 Å². The molecule has 0 spiro atoms. The number of unbranched alkanes of at least 4 members (excludes halogenated alkanes) is 48. The second-order valence-corrected chi connectivity index (χ2v) is 37.8. The summed E-state index contributed by atoms with van der Waals surface area (Å²) in [4.78, 5) is 59.3. The molecule has 0 aliphatic heterocycles. The first-order chi connectivity index (χ1) is 63.2. The Hall–Kier alpha value is -5.09. The van der Waals surface area contributed by atoms with Gasteiger partial charge in [-0.15, -0.1) is 0 Å². The van der Waals surface area contributed by atoms with Crippen molar-refractivity contribution in [2.24, 2.45) is 0 Å². The quantitative estimate of drug-likeness (QED) is 0.0146. The summed E-state index contributed by atoms with van der Waals surface area (Å²) in [7, 11) is -9.82. The molecule has 0 saturated carbocycles. The molecule has 742 valence electrons. The molecule has 0 radical (unpaired) electrons. The number of aliphatic hydroxyl groups excluding tert-OH is 2. The van der Waals surface area contributed by atoms with Gasteiger partial charge >= 0.3 is 33.6 Å². The SMILES string of the molecule is CC/C=C\C/C=C\C/C=C\C/C=C\C/C=C\CCCCCCCCCCCCCCCCCCCCCC(=O)OCC(O)COP(=O)(O)OCC(O)COP(=O)(O)OCC(COC(=O)CCCCCCCCCCCCCCCCC/C=C\C/C=C\C/C=C\C/C=C\C/C=C\CC)OC(=O)CCCCCCCCCCCCC/C=C\C/C=C\C/C=C\C/C=C\CCCCC. The molecule has 0 aromatic carbocycles. The fraction of sp³-hybridized carbons (Fsp3) is 0.721. The third-order valence-electron chi connectivity index (χ3n) is 22.4. The molecule has 0 aliphatic carbocycles. The van der Waals surface area contributed by atoms with Crippen molar-refractivity contribution in [3.63, 3.8) is 0 Å². The van der Waals surface area contributed by atoms with Crippen LogP contribution in [0.25, 0.3) is 0 Å². The molecule has 0 rings (SSSR count). The van der Waals surface area contributed by atoms with Gasteiger partial charge in [-0.2, -0.15) is 0 Å². The third kappa shape index (κ3) is 103. The van der Waals surface area contributed by atoms with E-state index in [9.17, 15) is 43.5 Å². The first-order valence-corrected chi connectivity index (χ1v) is 55.4. The zero-order chi connectivity index (χ0) is 93.5. The summed E-state index contributed by atoms with van der Waals surface area (Å²) in [6.07, 6.45) is 134. The van der Waals surface area contributed by atoms with Gasteiger partial charge in [0.05, 0.1) is 26.4 Å². The smallest absolute Gasteiger partial charge is 0.463 e. The van der Waals surface area contributed by atoms with E-state index in [1.165, 1.54) is 244 Å². The van der Waals surface area contributed by atoms with Crippen molar-refractivity contribution in [1.29, 1.82) is 0 Å². The van der Waals surface area contributed by atoms with Crippen LogP contribution in [0.3, 0.4) is 0 Å². The molecular weight excluding hydrogens is 1650 g/mol. The van der Waals surface area contributed by atoms with Crippen molar-refractivity contribution in [1.82, 2.24) is 0 Å². The molecule has 0 bridgehead atoms. The van der Waals surface area contributed by atoms with Crippen LogP contribution in [0.4, 0.5) is 0 Å². The van der Waals surface area contributed by atoms with Gasteiger partial charge in [-0.3, -0.25) is 32.5 Å². The minimum absolute atomic E-state index is 0.0989. The molecular formula is C111H192O16P2. The standard InChI is InChI=1S/C111H192O16P2/c1-4-7-10-13-16-19-22-25-28-31-34-37-40-43-46-48-50-51-52-53-55-57-59-61-64-67-70-73-76-79-82-85-88-91-94-97-109(114)121-100-106(112)101-123-128(117,118)124-102-107(113)103-125-129(119,120)126-105-108(127-111(116)99-96-93-90-87-84-81-78-75-72-69-66-63-58-45-42-39-36-33-30-27-24-21-18-15-12-9-6-3)104-122-110(115)98-95-92-89-86-83-80-77-74-71-68-65-62-60-56-54-49-47-44-41-38-35-32-29-26-23-20-17-14-11-8-5-2/h7-8,10-11,16-21,25-30,34-39,43-47,58,106-108,112-113H,4-6,9,12-15,22-24,31-33,40-42,48-57,59-105H2,1-3H3,(H,117,118)(H,119,120)/b10-7-,11-8-,19-16-,20-17-,21-18-,28-25-,29-26-,30-27-,37-34-,38-35-,39-36-,46-43-,47-44-,58-45-. The van der Waals surface area contributed by atoms with E-state index in [-0.39, 0.29) is 19.3 Å². The molecule has 5 unspecified atom stereocenters. The lowest BCUT2D eigenvalue weighted by Gasteiger charge is -2.21. The monoisotopic (exact) mass is 1840 g/mol. The number of hydrogen-bond acceptors (Lipinski definition) is 14. The van der Waals surface area contributed by atoms with Crippen LogP contribution in [0, 0.1) is 0 Å². The zero-order valence-corrected chi connectivity index (χ0v) is 84.1. The lowest BCUT2D eigenvalue weighted by atomic mass is 10.0. The molecule has 16 nitrogen and oxygen atoms in total. The largest absolute Gasteiger partial charge is 0.472 e. The van der Waals surface area contributed by atoms with E-state index in [0.717, 1.165) is 154 Å². The highest BCUT2D eigenvalue weighted by Crippen LogP contribution is 2.45. The van der Waals surface area contributed by atoms with E-state index in [4.69, 9.17) is 32.3 Å². The summed E-state index contributed by atoms with van der Waals surface area (Å²) in [5.74, 6) is -1.56. The van der Waals surface area contributed by atoms with Crippen LogP contribution in [0.5, 0.6) is 0 Å². The van der Waals surface area contributed by atoms with Crippen molar-refractivity contribution < 1.29 is 75.8 Å². The van der Waals surface area contributed by atoms with E-state index < -0.39 is 91.5 Å². The van der Waals surface area contributed by atoms with Gasteiger partial charge in [0, 0.05) is 19.3 Å². The molecule has 0 aromatic heterocycles. The number of hydrogen-bond donors (Lipinski definition) is 4. The number of esters is 3. The molecule has 5 atom stereocenters. The number of ether oxygens (including phenoxy) is 3. The number of rotatable bonds is 99. The van der Waals surface area contributed by atoms with Crippen molar-refractivity contribution in [2.75, 3.05) is 39.6 Å². The number of phosphoric ester groups is 2. The van der Waals surface area contributed by atoms with Gasteiger partial charge in [-0.05, 0) is 154 Å². The minimum atomic E-state index is -4.95. The fourth-order valence-corrected chi connectivity index (χ4v) is 16.1. The maximum Gasteiger partial charge on any atom is 0.472 e. The Morgan fingerprint density at radius 1 is 0.225 bits per heavy atom. The van der Waals surface area contributed by atoms with Gasteiger partial charge in [-0.1, -0.05) is 454 Å². The van der Waals surface area contributed by atoms with Crippen LogP contribution in [-0.2, 0) is 55.8 Å². The number of phosphoric acid groups is 2. The van der Waals surface area contributed by atoms with Gasteiger partial charge in [0.1, 0.15) is 25.4 Å². The summed E-state index contributed by atoms with van der Waals surface area (Å²) in [6.45, 7) is 2.51. The topological polar surface area (TPSA) is 231 Å². The highest BCUT2D eigenvalue weighted by Gasteiger charge is 2.30. The molecule has 0 amide bonds. The second-order valence-electron chi connectivity index (χ2n) is 34.9. The zero-order valence-electron chi connectivity index (χ0n) is 82.3. The van der Waals surface area contributed by atoms with Crippen molar-refractivity contribution in [3.05, 3.63) is 170 Å². The van der Waals surface area contributed by atoms with Crippen LogP contribution < -0.4 is 0 Å². The average Bonchev–Trinajstić information content (AvgIpc) is 0.899. The van der Waals surface area contributed by atoms with Gasteiger partial charge in [-0.25, -0.2) is 9.13 Å². The van der Waals surface area contributed by atoms with Gasteiger partial charge < -0.3 is 34.2 Å². The predicted molar refractivity (Wildman–Crippen MR) is 546 cm³/mol. The summed E-state index contributed by atoms with van der Waals surface area (Å²) >= 11 is 0. The highest BCUT2D eigenvalue weighted by atomic mass is 31.2. The van der Waals surface area contributed by atoms with E-state index in [1.54, 1.807) is 0 Å². The third-order valence-corrected chi connectivity index (χ3v) is 24.3. The maximum absolute atomic E-state index is 13.1. The first-order valence-electron chi connectivity index (χ1n) is 52.4. The van der Waals surface area contributed by atoms with E-state index in [1.807, 2.05) is 0 Å². The fourth-order valence-electron chi connectivity index (χ4n) is 14.6. The Morgan fingerprint density at radius 2 is 0.411 bits per heavy atom. The van der Waals surface area contributed by atoms with Crippen molar-refractivity contribution in [3.8, 4) is 0 Å². The van der Waals surface area contributed by atoms with Gasteiger partial charge in [0.15, 0.2) is 6.10 Å². The summed E-state index contributed by atoms with van der Waals surface area (Å²) in [5, 5.41) is 20.8. The Kier molecular flexibility index (Phi) is 97.8. The number of carbonyl (C=O) groups is 3. The molecule has 0 saturated heterocycles. The van der Waals surface area contributed by atoms with Crippen LogP contribution >= 0.6 is 15.6 Å². The Labute approximate surface area is 790 Å². The van der Waals surface area contributed by atoms with Crippen LogP contribution in [0.2, 0.25) is 0 Å². The second kappa shape index (κ2) is 102. The number of carbonyl (C=O) groups excluding carboxylic acids is 3. The molecule has 0 heterocycles. The van der Waals surface area contributed by atoms with Gasteiger partial charge in [0.2, 0.25) is 0 Å². The molecule has 0 aromatic rings. The Morgan fingerprint density at radius 3 is 0.651 bits per heavy atom. The average molecular weight is 1840 g/mol. The number of allylic oxidation sites excluding steroid dienone is 28. The van der Waals surface area contributed by atoms with Crippen LogP contribution in [0.15, 0.2) is 170 Å². The molecule has 0 fully saturated rings. The Balaban J connectivity index is 4.57. The van der Waals surface area contributed by atoms with Crippen LogP contribution in [-0.4, -0.2) is 95.9 Å². The van der Waals surface area contributed by atoms with Crippen LogP contribution in [0.1, 0.15) is 457 Å². The maximum atomic E-state index is 13.1. The van der Waals surface area contributed by atoms with Crippen molar-refractivity contribution in [2.45, 2.75) is 476 Å². The first kappa shape index (κ1) is 124. The lowest BCUT2D eigenvalue weighted by molar-refractivity contribution is -0.161. The van der Waals surface area contributed by atoms with Crippen molar-refractivity contribution >= 4 is 33.6 Å². The van der Waals surface area contributed by atoms with E-state index in [2.05, 4.69) is 191 Å². The summed E-state index contributed by atoms with van der Waals surface area (Å²) < 4.78 is 61.7. The summed E-state index contributed by atoms with van der Waals surface area (Å²) in [6, 6.07) is 0. The summed E-state index contributed by atoms with van der Waals surface area (Å²) in [5.41, 5.74) is 0. The number of aliphatic hydroxyl groups is 2. The molecule has 129 heavy (non-hydrogen) atoms. The predicted octanol–water partition coefficient (Wildman–Crippen LogP) is 33.3.